The highest BCUT2D eigenvalue weighted by Gasteiger charge is 2.63. The first-order valence-corrected chi connectivity index (χ1v) is 11.4. The van der Waals surface area contributed by atoms with Gasteiger partial charge in [-0.3, -0.25) is 4.79 Å². The number of carbonyl (C=O) groups excluding carboxylic acids is 3. The van der Waals surface area contributed by atoms with Gasteiger partial charge in [0.15, 0.2) is 0 Å². The molecule has 1 saturated carbocycles. The number of nitrogens with one attached hydrogen (secondary N) is 1. The predicted molar refractivity (Wildman–Crippen MR) is 123 cm³/mol. The van der Waals surface area contributed by atoms with Crippen LogP contribution < -0.4 is 0 Å². The van der Waals surface area contributed by atoms with Crippen molar-refractivity contribution in [3.63, 3.8) is 0 Å². The minimum absolute atomic E-state index is 0.00484. The molecule has 0 bridgehead atoms. The van der Waals surface area contributed by atoms with Gasteiger partial charge in [-0.15, -0.1) is 0 Å². The number of hydrogen-bond acceptors (Lipinski definition) is 7. The van der Waals surface area contributed by atoms with Crippen LogP contribution in [0.15, 0.2) is 12.5 Å². The van der Waals surface area contributed by atoms with Crippen LogP contribution in [0, 0.1) is 5.92 Å². The number of esters is 1. The molecule has 2 amide bonds. The highest BCUT2D eigenvalue weighted by atomic mass is 16.6. The fourth-order valence-electron chi connectivity index (χ4n) is 3.61. The van der Waals surface area contributed by atoms with Crippen molar-refractivity contribution in [3.05, 3.63) is 18.2 Å². The van der Waals surface area contributed by atoms with Gasteiger partial charge in [0, 0.05) is 12.7 Å². The molecule has 1 aliphatic rings. The quantitative estimate of drug-likeness (QED) is 0.467. The van der Waals surface area contributed by atoms with Crippen molar-refractivity contribution >= 4 is 18.2 Å². The summed E-state index contributed by atoms with van der Waals surface area (Å²) in [6, 6.07) is 0. The molecule has 2 unspecified atom stereocenters. The minimum Gasteiger partial charge on any atom is -0.459 e. The van der Waals surface area contributed by atoms with Crippen molar-refractivity contribution in [2.24, 2.45) is 5.92 Å². The van der Waals surface area contributed by atoms with E-state index in [2.05, 4.69) is 9.97 Å². The Morgan fingerprint density at radius 2 is 1.48 bits per heavy atom. The van der Waals surface area contributed by atoms with Crippen LogP contribution in [0.4, 0.5) is 9.59 Å². The summed E-state index contributed by atoms with van der Waals surface area (Å²) in [4.78, 5) is 46.6. The molecule has 1 aliphatic carbocycles. The van der Waals surface area contributed by atoms with Crippen molar-refractivity contribution in [1.29, 1.82) is 0 Å². The summed E-state index contributed by atoms with van der Waals surface area (Å²) < 4.78 is 16.5. The van der Waals surface area contributed by atoms with E-state index >= 15 is 0 Å². The Hall–Kier alpha value is -2.58. The van der Waals surface area contributed by atoms with E-state index in [1.54, 1.807) is 54.1 Å². The van der Waals surface area contributed by atoms with E-state index in [0.717, 1.165) is 4.90 Å². The van der Waals surface area contributed by atoms with Crippen molar-refractivity contribution in [2.75, 3.05) is 6.54 Å². The second-order valence-electron chi connectivity index (χ2n) is 11.6. The van der Waals surface area contributed by atoms with Gasteiger partial charge in [-0.2, -0.15) is 0 Å². The monoisotopic (exact) mass is 465 g/mol. The van der Waals surface area contributed by atoms with E-state index in [1.807, 2.05) is 20.8 Å². The Bertz CT molecular complexity index is 817. The molecule has 1 aromatic heterocycles. The van der Waals surface area contributed by atoms with Crippen molar-refractivity contribution in [1.82, 2.24) is 14.9 Å². The Morgan fingerprint density at radius 3 is 1.91 bits per heavy atom. The molecule has 1 heterocycles. The van der Waals surface area contributed by atoms with Crippen molar-refractivity contribution in [3.8, 4) is 0 Å². The normalized spacial score (nSPS) is 20.7. The van der Waals surface area contributed by atoms with Gasteiger partial charge in [-0.1, -0.05) is 0 Å². The zero-order valence-electron chi connectivity index (χ0n) is 21.4. The first kappa shape index (κ1) is 26.7. The zero-order chi connectivity index (χ0) is 25.2. The van der Waals surface area contributed by atoms with Gasteiger partial charge in [-0.25, -0.2) is 19.5 Å². The highest BCUT2D eigenvalue weighted by molar-refractivity contribution is 5.88. The van der Waals surface area contributed by atoms with E-state index < -0.39 is 34.4 Å². The smallest absolute Gasteiger partial charge is 0.419 e. The summed E-state index contributed by atoms with van der Waals surface area (Å²) in [6.07, 6.45) is 3.45. The standard InChI is InChI=1S/C24H39N3O6/c1-21(2,3)31-18(28)24(17-14-25-15-26-17)13-16(24)11-10-12-27(19(29)32-22(4,5)6)20(30)33-23(7,8)9/h14-16H,10-13H2,1-9H3,(H,25,26). The molecule has 1 aromatic rings. The lowest BCUT2D eigenvalue weighted by Crippen LogP contribution is -2.44. The lowest BCUT2D eigenvalue weighted by atomic mass is 9.97. The number of nitrogens with zero attached hydrogens (tertiary/aromatic N) is 2. The number of H-pyrrole nitrogens is 1. The minimum atomic E-state index is -0.810. The summed E-state index contributed by atoms with van der Waals surface area (Å²) in [5, 5.41) is 0. The third-order valence-corrected chi connectivity index (χ3v) is 4.99. The molecule has 9 heteroatoms. The number of carbonyl (C=O) groups is 3. The maximum absolute atomic E-state index is 13.0. The van der Waals surface area contributed by atoms with E-state index in [1.165, 1.54) is 0 Å². The molecule has 33 heavy (non-hydrogen) atoms. The zero-order valence-corrected chi connectivity index (χ0v) is 21.4. The summed E-state index contributed by atoms with van der Waals surface area (Å²) in [5.41, 5.74) is -2.27. The predicted octanol–water partition coefficient (Wildman–Crippen LogP) is 4.96. The molecule has 1 N–H and O–H groups in total. The number of imidazole rings is 1. The molecule has 0 radical (unpaired) electrons. The van der Waals surface area contributed by atoms with Gasteiger partial charge in [0.25, 0.3) is 0 Å². The molecule has 2 rings (SSSR count). The molecule has 1 fully saturated rings. The maximum atomic E-state index is 13.0. The first-order valence-electron chi connectivity index (χ1n) is 11.4. The SMILES string of the molecule is CC(C)(C)OC(=O)N(CCCC1CC1(C(=O)OC(C)(C)C)c1c[nH]cn1)C(=O)OC(C)(C)C. The lowest BCUT2D eigenvalue weighted by Gasteiger charge is -2.28. The Kier molecular flexibility index (Phi) is 7.55. The number of amides is 2. The fraction of sp³-hybridized carbons (Fsp3) is 0.750. The van der Waals surface area contributed by atoms with Gasteiger partial charge in [-0.05, 0) is 87.5 Å². The molecule has 186 valence electrons. The second-order valence-corrected chi connectivity index (χ2v) is 11.6. The maximum Gasteiger partial charge on any atom is 0.419 e. The summed E-state index contributed by atoms with van der Waals surface area (Å²) in [5.74, 6) is -0.307. The average Bonchev–Trinajstić information content (AvgIpc) is 3.05. The number of aromatic nitrogens is 2. The molecular weight excluding hydrogens is 426 g/mol. The molecular formula is C24H39N3O6. The molecule has 0 spiro atoms. The molecule has 0 aromatic carbocycles. The van der Waals surface area contributed by atoms with Crippen LogP contribution in [-0.4, -0.2) is 56.4 Å². The lowest BCUT2D eigenvalue weighted by molar-refractivity contribution is -0.158. The molecule has 2 atom stereocenters. The summed E-state index contributed by atoms with van der Waals surface area (Å²) >= 11 is 0. The van der Waals surface area contributed by atoms with Gasteiger partial charge in [0.1, 0.15) is 22.2 Å². The molecule has 9 nitrogen and oxygen atoms in total. The van der Waals surface area contributed by atoms with Crippen LogP contribution in [0.1, 0.15) is 87.3 Å². The van der Waals surface area contributed by atoms with Gasteiger partial charge in [0.2, 0.25) is 0 Å². The van der Waals surface area contributed by atoms with Crippen molar-refractivity contribution in [2.45, 2.75) is 104 Å². The Balaban J connectivity index is 2.09. The third kappa shape index (κ3) is 7.47. The molecule has 0 aliphatic heterocycles. The fourth-order valence-corrected chi connectivity index (χ4v) is 3.61. The second kappa shape index (κ2) is 9.35. The van der Waals surface area contributed by atoms with Gasteiger partial charge < -0.3 is 19.2 Å². The topological polar surface area (TPSA) is 111 Å². The number of ether oxygens (including phenoxy) is 3. The highest BCUT2D eigenvalue weighted by Crippen LogP contribution is 2.57. The summed E-state index contributed by atoms with van der Waals surface area (Å²) in [7, 11) is 0. The van der Waals surface area contributed by atoms with Crippen LogP contribution in [0.3, 0.4) is 0 Å². The van der Waals surface area contributed by atoms with E-state index in [4.69, 9.17) is 14.2 Å². The van der Waals surface area contributed by atoms with E-state index in [9.17, 15) is 14.4 Å². The van der Waals surface area contributed by atoms with Gasteiger partial charge in [0.05, 0.1) is 12.0 Å². The molecule has 0 saturated heterocycles. The van der Waals surface area contributed by atoms with Crippen LogP contribution in [0.5, 0.6) is 0 Å². The average molecular weight is 466 g/mol. The van der Waals surface area contributed by atoms with E-state index in [0.29, 0.717) is 25.0 Å². The van der Waals surface area contributed by atoms with Gasteiger partial charge >= 0.3 is 18.2 Å². The van der Waals surface area contributed by atoms with Crippen LogP contribution in [0.2, 0.25) is 0 Å². The number of aromatic amines is 1. The third-order valence-electron chi connectivity index (χ3n) is 4.99. The first-order chi connectivity index (χ1) is 14.9. The van der Waals surface area contributed by atoms with Crippen LogP contribution in [0.25, 0.3) is 0 Å². The van der Waals surface area contributed by atoms with E-state index in [-0.39, 0.29) is 18.4 Å². The Morgan fingerprint density at radius 1 is 0.970 bits per heavy atom. The number of imide groups is 1. The Labute approximate surface area is 196 Å². The largest absolute Gasteiger partial charge is 0.459 e. The van der Waals surface area contributed by atoms with Crippen LogP contribution >= 0.6 is 0 Å². The van der Waals surface area contributed by atoms with Crippen molar-refractivity contribution < 1.29 is 28.6 Å². The number of rotatable bonds is 6. The number of hydrogen-bond donors (Lipinski definition) is 1. The summed E-state index contributed by atoms with van der Waals surface area (Å²) in [6.45, 7) is 16.0. The van der Waals surface area contributed by atoms with Crippen LogP contribution in [-0.2, 0) is 24.4 Å².